The molecule has 2 rings (SSSR count). The summed E-state index contributed by atoms with van der Waals surface area (Å²) in [6, 6.07) is 3.99. The maximum absolute atomic E-state index is 12.0. The van der Waals surface area contributed by atoms with Gasteiger partial charge in [0.2, 0.25) is 5.12 Å². The summed E-state index contributed by atoms with van der Waals surface area (Å²) in [5.74, 6) is 0.150. The van der Waals surface area contributed by atoms with E-state index in [4.69, 9.17) is 4.18 Å². The molecule has 1 aromatic rings. The van der Waals surface area contributed by atoms with Crippen molar-refractivity contribution in [1.29, 1.82) is 0 Å². The van der Waals surface area contributed by atoms with E-state index in [0.29, 0.717) is 5.56 Å². The van der Waals surface area contributed by atoms with Crippen LogP contribution in [0.25, 0.3) is 0 Å². The molecule has 0 unspecified atom stereocenters. The summed E-state index contributed by atoms with van der Waals surface area (Å²) in [6.07, 6.45) is 1.15. The maximum atomic E-state index is 12.0. The molecule has 0 amide bonds. The Morgan fingerprint density at radius 2 is 2.11 bits per heavy atom. The molecule has 0 aliphatic carbocycles. The molecule has 5 nitrogen and oxygen atoms in total. The van der Waals surface area contributed by atoms with Gasteiger partial charge in [-0.3, -0.25) is 4.79 Å². The third-order valence-corrected chi connectivity index (χ3v) is 4.54. The van der Waals surface area contributed by atoms with Crippen molar-refractivity contribution in [3.63, 3.8) is 0 Å². The minimum Gasteiger partial charge on any atom is -0.508 e. The molecular weight excluding hydrogens is 276 g/mol. The third-order valence-electron chi connectivity index (χ3n) is 2.29. The van der Waals surface area contributed by atoms with Gasteiger partial charge < -0.3 is 9.29 Å². The Balaban J connectivity index is 2.34. The van der Waals surface area contributed by atoms with E-state index >= 15 is 0 Å². The number of carbonyl (C=O) groups is 1. The lowest BCUT2D eigenvalue weighted by atomic mass is 10.2. The molecule has 0 bridgehead atoms. The summed E-state index contributed by atoms with van der Waals surface area (Å²) in [5, 5.41) is 9.08. The highest BCUT2D eigenvalue weighted by Crippen LogP contribution is 2.27. The molecule has 1 aliphatic rings. The minimum atomic E-state index is -4.01. The van der Waals surface area contributed by atoms with Gasteiger partial charge in [0.25, 0.3) is 0 Å². The summed E-state index contributed by atoms with van der Waals surface area (Å²) >= 11 is 0.978. The lowest BCUT2D eigenvalue weighted by molar-refractivity contribution is -0.106. The summed E-state index contributed by atoms with van der Waals surface area (Å²) in [5.41, 5.74) is 0.463. The van der Waals surface area contributed by atoms with Crippen LogP contribution in [0.1, 0.15) is 5.56 Å². The van der Waals surface area contributed by atoms with E-state index in [1.165, 1.54) is 12.1 Å². The topological polar surface area (TPSA) is 80.7 Å². The molecule has 96 valence electrons. The fraction of sp³-hybridized carbons (Fsp3) is 0.182. The Bertz CT molecular complexity index is 631. The van der Waals surface area contributed by atoms with Crippen LogP contribution in [0.3, 0.4) is 0 Å². The van der Waals surface area contributed by atoms with Gasteiger partial charge in [-0.1, -0.05) is 17.8 Å². The van der Waals surface area contributed by atoms with Crippen molar-refractivity contribution >= 4 is 27.0 Å². The second kappa shape index (κ2) is 4.66. The fourth-order valence-corrected chi connectivity index (χ4v) is 3.37. The number of carbonyl (C=O) groups excluding carboxylic acids is 1. The Morgan fingerprint density at radius 1 is 1.39 bits per heavy atom. The van der Waals surface area contributed by atoms with Crippen molar-refractivity contribution in [2.75, 3.05) is 5.75 Å². The summed E-state index contributed by atoms with van der Waals surface area (Å²) < 4.78 is 28.8. The van der Waals surface area contributed by atoms with Crippen molar-refractivity contribution in [3.8, 4) is 5.75 Å². The van der Waals surface area contributed by atoms with Gasteiger partial charge in [-0.05, 0) is 18.6 Å². The summed E-state index contributed by atoms with van der Waals surface area (Å²) in [4.78, 5) is 10.9. The number of hydrogen-bond donors (Lipinski definition) is 1. The van der Waals surface area contributed by atoms with Crippen LogP contribution in [0, 0.1) is 6.92 Å². The van der Waals surface area contributed by atoms with E-state index in [2.05, 4.69) is 0 Å². The lowest BCUT2D eigenvalue weighted by Gasteiger charge is -2.09. The molecule has 1 heterocycles. The average Bonchev–Trinajstić information content (AvgIpc) is 2.66. The Labute approximate surface area is 109 Å². The predicted octanol–water partition coefficient (Wildman–Crippen LogP) is 1.56. The van der Waals surface area contributed by atoms with Gasteiger partial charge >= 0.3 is 10.1 Å². The first kappa shape index (κ1) is 13.0. The second-order valence-electron chi connectivity index (χ2n) is 3.71. The number of aryl methyl sites for hydroxylation is 1. The SMILES string of the molecule is Cc1ccc(O)cc1S(=O)(=O)OC1=CC(=O)SC1. The van der Waals surface area contributed by atoms with E-state index in [9.17, 15) is 18.3 Å². The number of aromatic hydroxyl groups is 1. The van der Waals surface area contributed by atoms with Crippen LogP contribution in [0.15, 0.2) is 34.9 Å². The van der Waals surface area contributed by atoms with Crippen molar-refractivity contribution in [1.82, 2.24) is 0 Å². The smallest absolute Gasteiger partial charge is 0.339 e. The molecule has 0 fully saturated rings. The van der Waals surface area contributed by atoms with Crippen LogP contribution < -0.4 is 0 Å². The van der Waals surface area contributed by atoms with Crippen molar-refractivity contribution in [2.24, 2.45) is 0 Å². The van der Waals surface area contributed by atoms with E-state index < -0.39 is 10.1 Å². The largest absolute Gasteiger partial charge is 0.508 e. The molecule has 7 heteroatoms. The van der Waals surface area contributed by atoms with Crippen LogP contribution in [0.5, 0.6) is 5.75 Å². The zero-order valence-corrected chi connectivity index (χ0v) is 11.0. The Morgan fingerprint density at radius 3 is 2.72 bits per heavy atom. The van der Waals surface area contributed by atoms with Crippen LogP contribution in [0.4, 0.5) is 0 Å². The van der Waals surface area contributed by atoms with Gasteiger partial charge in [0.15, 0.2) is 0 Å². The first-order valence-electron chi connectivity index (χ1n) is 5.00. The van der Waals surface area contributed by atoms with Crippen molar-refractivity contribution in [2.45, 2.75) is 11.8 Å². The number of thioether (sulfide) groups is 1. The van der Waals surface area contributed by atoms with E-state index in [-0.39, 0.29) is 27.3 Å². The van der Waals surface area contributed by atoms with Crippen LogP contribution in [0.2, 0.25) is 0 Å². The van der Waals surface area contributed by atoms with Crippen LogP contribution >= 0.6 is 11.8 Å². The lowest BCUT2D eigenvalue weighted by Crippen LogP contribution is -2.08. The molecule has 0 spiro atoms. The molecule has 0 aromatic heterocycles. The summed E-state index contributed by atoms with van der Waals surface area (Å²) in [6.45, 7) is 1.60. The van der Waals surface area contributed by atoms with Gasteiger partial charge in [-0.25, -0.2) is 0 Å². The maximum Gasteiger partial charge on any atom is 0.339 e. The van der Waals surface area contributed by atoms with Gasteiger partial charge in [-0.2, -0.15) is 8.42 Å². The molecule has 0 radical (unpaired) electrons. The zero-order chi connectivity index (χ0) is 13.3. The zero-order valence-electron chi connectivity index (χ0n) is 9.41. The molecule has 1 N–H and O–H groups in total. The van der Waals surface area contributed by atoms with Gasteiger partial charge in [0.05, 0.1) is 5.75 Å². The van der Waals surface area contributed by atoms with E-state index in [0.717, 1.165) is 23.9 Å². The normalized spacial score (nSPS) is 15.6. The number of phenolic OH excluding ortho intramolecular Hbond substituents is 1. The molecule has 0 saturated carbocycles. The highest BCUT2D eigenvalue weighted by atomic mass is 32.2. The monoisotopic (exact) mass is 286 g/mol. The molecule has 18 heavy (non-hydrogen) atoms. The first-order valence-corrected chi connectivity index (χ1v) is 7.39. The average molecular weight is 286 g/mol. The van der Waals surface area contributed by atoms with Crippen molar-refractivity contribution in [3.05, 3.63) is 35.6 Å². The second-order valence-corrected chi connectivity index (χ2v) is 6.20. The van der Waals surface area contributed by atoms with Gasteiger partial charge in [0.1, 0.15) is 16.4 Å². The fourth-order valence-electron chi connectivity index (χ4n) is 1.45. The summed E-state index contributed by atoms with van der Waals surface area (Å²) in [7, 11) is -4.01. The number of phenols is 1. The van der Waals surface area contributed by atoms with Crippen LogP contribution in [-0.2, 0) is 19.1 Å². The highest BCUT2D eigenvalue weighted by Gasteiger charge is 2.24. The molecule has 0 saturated heterocycles. The van der Waals surface area contributed by atoms with Gasteiger partial charge in [0, 0.05) is 12.1 Å². The minimum absolute atomic E-state index is 0.104. The number of benzene rings is 1. The van der Waals surface area contributed by atoms with Crippen LogP contribution in [-0.4, -0.2) is 24.4 Å². The predicted molar refractivity (Wildman–Crippen MR) is 66.7 cm³/mol. The van der Waals surface area contributed by atoms with E-state index in [1.807, 2.05) is 0 Å². The third kappa shape index (κ3) is 2.68. The molecule has 0 atom stereocenters. The molecular formula is C11H10O5S2. The molecule has 1 aromatic carbocycles. The Hall–Kier alpha value is -1.47. The molecule has 1 aliphatic heterocycles. The quantitative estimate of drug-likeness (QED) is 0.849. The highest BCUT2D eigenvalue weighted by molar-refractivity contribution is 8.14. The Kier molecular flexibility index (Phi) is 3.36. The first-order chi connectivity index (χ1) is 8.38. The van der Waals surface area contributed by atoms with Gasteiger partial charge in [-0.15, -0.1) is 0 Å². The number of hydrogen-bond acceptors (Lipinski definition) is 6. The van der Waals surface area contributed by atoms with Crippen molar-refractivity contribution < 1.29 is 22.5 Å². The number of rotatable bonds is 3. The standard InChI is InChI=1S/C11H10O5S2/c1-7-2-3-8(12)4-10(7)18(14,15)16-9-5-11(13)17-6-9/h2-5,12H,6H2,1H3. The van der Waals surface area contributed by atoms with E-state index in [1.54, 1.807) is 6.92 Å².